The fraction of sp³-hybridized carbons (Fsp3) is 0.190. The number of para-hydroxylation sites is 1. The maximum atomic E-state index is 13.1. The molecule has 7 heteroatoms. The van der Waals surface area contributed by atoms with E-state index in [4.69, 9.17) is 0 Å². The van der Waals surface area contributed by atoms with Crippen LogP contribution >= 0.6 is 11.3 Å². The van der Waals surface area contributed by atoms with E-state index in [1.807, 2.05) is 36.1 Å². The van der Waals surface area contributed by atoms with Gasteiger partial charge < -0.3 is 4.90 Å². The molecule has 0 atom stereocenters. The first kappa shape index (κ1) is 16.9. The van der Waals surface area contributed by atoms with Gasteiger partial charge >= 0.3 is 0 Å². The van der Waals surface area contributed by atoms with Gasteiger partial charge in [-0.1, -0.05) is 12.1 Å². The van der Waals surface area contributed by atoms with Crippen LogP contribution in [0, 0.1) is 6.92 Å². The maximum absolute atomic E-state index is 13.1. The first-order valence-electron chi connectivity index (χ1n) is 9.09. The average molecular weight is 387 g/mol. The van der Waals surface area contributed by atoms with E-state index >= 15 is 0 Å². The Bertz CT molecular complexity index is 1150. The van der Waals surface area contributed by atoms with Crippen LogP contribution in [0.25, 0.3) is 21.3 Å². The third kappa shape index (κ3) is 2.93. The average Bonchev–Trinajstić information content (AvgIpc) is 3.27. The zero-order valence-electron chi connectivity index (χ0n) is 15.3. The molecule has 1 aliphatic heterocycles. The summed E-state index contributed by atoms with van der Waals surface area (Å²) in [6, 6.07) is 9.97. The molecule has 0 spiro atoms. The van der Waals surface area contributed by atoms with E-state index in [1.165, 1.54) is 4.70 Å². The van der Waals surface area contributed by atoms with Crippen molar-refractivity contribution in [1.82, 2.24) is 24.8 Å². The molecule has 0 fully saturated rings. The number of fused-ring (bicyclic) bond motifs is 2. The van der Waals surface area contributed by atoms with Gasteiger partial charge in [-0.15, -0.1) is 11.3 Å². The zero-order valence-corrected chi connectivity index (χ0v) is 16.1. The summed E-state index contributed by atoms with van der Waals surface area (Å²) in [4.78, 5) is 32.6. The number of aryl methyl sites for hydroxylation is 1. The molecule has 0 N–H and O–H groups in total. The molecule has 138 valence electrons. The highest BCUT2D eigenvalue weighted by molar-refractivity contribution is 7.18. The van der Waals surface area contributed by atoms with Crippen molar-refractivity contribution < 1.29 is 4.79 Å². The van der Waals surface area contributed by atoms with Gasteiger partial charge in [-0.05, 0) is 25.1 Å². The molecule has 0 saturated heterocycles. The molecule has 0 unspecified atom stereocenters. The van der Waals surface area contributed by atoms with Gasteiger partial charge in [0.1, 0.15) is 5.82 Å². The van der Waals surface area contributed by atoms with Gasteiger partial charge in [0.05, 0.1) is 33.0 Å². The van der Waals surface area contributed by atoms with Crippen LogP contribution in [0.15, 0.2) is 48.9 Å². The Morgan fingerprint density at radius 1 is 1.11 bits per heavy atom. The van der Waals surface area contributed by atoms with E-state index in [-0.39, 0.29) is 5.91 Å². The number of benzene rings is 1. The monoisotopic (exact) mass is 387 g/mol. The summed E-state index contributed by atoms with van der Waals surface area (Å²) in [6.07, 6.45) is 6.00. The van der Waals surface area contributed by atoms with E-state index in [2.05, 4.69) is 26.0 Å². The van der Waals surface area contributed by atoms with Crippen molar-refractivity contribution in [2.45, 2.75) is 19.9 Å². The Morgan fingerprint density at radius 3 is 2.75 bits per heavy atom. The molecule has 3 aromatic heterocycles. The van der Waals surface area contributed by atoms with Crippen LogP contribution in [-0.2, 0) is 13.0 Å². The third-order valence-electron chi connectivity index (χ3n) is 4.90. The lowest BCUT2D eigenvalue weighted by atomic mass is 10.0. The molecule has 0 radical (unpaired) electrons. The highest BCUT2D eigenvalue weighted by Crippen LogP contribution is 2.31. The Labute approximate surface area is 165 Å². The number of rotatable bonds is 4. The quantitative estimate of drug-likeness (QED) is 0.534. The lowest BCUT2D eigenvalue weighted by Crippen LogP contribution is -2.26. The zero-order chi connectivity index (χ0) is 19.1. The predicted octanol–water partition coefficient (Wildman–Crippen LogP) is 3.66. The Morgan fingerprint density at radius 2 is 1.93 bits per heavy atom. The van der Waals surface area contributed by atoms with Crippen LogP contribution in [0.3, 0.4) is 0 Å². The van der Waals surface area contributed by atoms with Crippen molar-refractivity contribution in [3.8, 4) is 11.1 Å². The van der Waals surface area contributed by atoms with Crippen molar-refractivity contribution in [3.05, 3.63) is 71.0 Å². The normalized spacial score (nSPS) is 13.3. The molecule has 28 heavy (non-hydrogen) atoms. The second-order valence-electron chi connectivity index (χ2n) is 6.75. The summed E-state index contributed by atoms with van der Waals surface area (Å²) in [5.41, 5.74) is 4.18. The van der Waals surface area contributed by atoms with Crippen LogP contribution in [0.4, 0.5) is 0 Å². The number of carbonyl (C=O) groups excluding carboxylic acids is 1. The summed E-state index contributed by atoms with van der Waals surface area (Å²) < 4.78 is 1.18. The number of hydrogen-bond acceptors (Lipinski definition) is 6. The third-order valence-corrected chi connectivity index (χ3v) is 5.99. The first-order valence-corrected chi connectivity index (χ1v) is 9.91. The van der Waals surface area contributed by atoms with Gasteiger partial charge in [-0.2, -0.15) is 0 Å². The van der Waals surface area contributed by atoms with E-state index in [9.17, 15) is 4.79 Å². The summed E-state index contributed by atoms with van der Waals surface area (Å²) in [7, 11) is 0. The summed E-state index contributed by atoms with van der Waals surface area (Å²) in [5, 5.41) is 1.05. The molecular formula is C21H17N5OS. The second kappa shape index (κ2) is 6.76. The van der Waals surface area contributed by atoms with Gasteiger partial charge in [0.15, 0.2) is 0 Å². The highest BCUT2D eigenvalue weighted by Gasteiger charge is 2.31. The Kier molecular flexibility index (Phi) is 4.09. The SMILES string of the molecule is Cc1ncc(-c2ccnc3c2C(=O)N(CCc2nc4ccccc4s2)C3)cn1. The van der Waals surface area contributed by atoms with Crippen LogP contribution in [-0.4, -0.2) is 37.3 Å². The fourth-order valence-corrected chi connectivity index (χ4v) is 4.44. The lowest BCUT2D eigenvalue weighted by molar-refractivity contribution is 0.0780. The summed E-state index contributed by atoms with van der Waals surface area (Å²) in [5.74, 6) is 0.720. The van der Waals surface area contributed by atoms with Crippen molar-refractivity contribution in [1.29, 1.82) is 0 Å². The smallest absolute Gasteiger partial charge is 0.256 e. The highest BCUT2D eigenvalue weighted by atomic mass is 32.1. The molecule has 4 heterocycles. The summed E-state index contributed by atoms with van der Waals surface area (Å²) in [6.45, 7) is 2.99. The minimum atomic E-state index is 0.0137. The molecule has 5 rings (SSSR count). The second-order valence-corrected chi connectivity index (χ2v) is 7.87. The van der Waals surface area contributed by atoms with Crippen LogP contribution in [0.5, 0.6) is 0 Å². The minimum absolute atomic E-state index is 0.0137. The number of thiazole rings is 1. The molecule has 6 nitrogen and oxygen atoms in total. The van der Waals surface area contributed by atoms with E-state index in [0.29, 0.717) is 24.5 Å². The van der Waals surface area contributed by atoms with Crippen LogP contribution < -0.4 is 0 Å². The van der Waals surface area contributed by atoms with E-state index in [1.54, 1.807) is 29.9 Å². The van der Waals surface area contributed by atoms with Crippen LogP contribution in [0.1, 0.15) is 26.9 Å². The number of amides is 1. The van der Waals surface area contributed by atoms with Gasteiger partial charge in [-0.25, -0.2) is 15.0 Å². The molecule has 1 aliphatic rings. The van der Waals surface area contributed by atoms with Gasteiger partial charge in [0.2, 0.25) is 0 Å². The van der Waals surface area contributed by atoms with Gasteiger partial charge in [0, 0.05) is 42.7 Å². The number of carbonyl (C=O) groups is 1. The molecule has 0 saturated carbocycles. The van der Waals surface area contributed by atoms with Crippen LogP contribution in [0.2, 0.25) is 0 Å². The first-order chi connectivity index (χ1) is 13.7. The molecule has 4 aromatic rings. The molecule has 1 amide bonds. The fourth-order valence-electron chi connectivity index (χ4n) is 3.48. The lowest BCUT2D eigenvalue weighted by Gasteiger charge is -2.14. The number of pyridine rings is 1. The Balaban J connectivity index is 1.38. The number of nitrogens with zero attached hydrogens (tertiary/aromatic N) is 5. The molecule has 0 bridgehead atoms. The predicted molar refractivity (Wildman–Crippen MR) is 108 cm³/mol. The van der Waals surface area contributed by atoms with Crippen molar-refractivity contribution in [2.75, 3.05) is 6.54 Å². The van der Waals surface area contributed by atoms with Crippen molar-refractivity contribution in [3.63, 3.8) is 0 Å². The number of hydrogen-bond donors (Lipinski definition) is 0. The molecule has 1 aromatic carbocycles. The molecular weight excluding hydrogens is 370 g/mol. The number of aromatic nitrogens is 4. The largest absolute Gasteiger partial charge is 0.332 e. The van der Waals surface area contributed by atoms with Gasteiger partial charge in [0.25, 0.3) is 5.91 Å². The van der Waals surface area contributed by atoms with Crippen molar-refractivity contribution in [2.24, 2.45) is 0 Å². The standard InChI is InChI=1S/C21H17N5OS/c1-13-23-10-14(11-24-13)15-6-8-22-17-12-26(21(27)20(15)17)9-7-19-25-16-4-2-3-5-18(16)28-19/h2-6,8,10-11H,7,9,12H2,1H3. The van der Waals surface area contributed by atoms with E-state index in [0.717, 1.165) is 33.8 Å². The van der Waals surface area contributed by atoms with E-state index < -0.39 is 0 Å². The Hall–Kier alpha value is -3.19. The topological polar surface area (TPSA) is 71.9 Å². The summed E-state index contributed by atoms with van der Waals surface area (Å²) >= 11 is 1.69. The minimum Gasteiger partial charge on any atom is -0.332 e. The molecule has 0 aliphatic carbocycles. The maximum Gasteiger partial charge on any atom is 0.256 e. The van der Waals surface area contributed by atoms with Gasteiger partial charge in [-0.3, -0.25) is 9.78 Å². The van der Waals surface area contributed by atoms with Crippen molar-refractivity contribution >= 4 is 27.5 Å².